The highest BCUT2D eigenvalue weighted by Gasteiger charge is 2.26. The number of carbonyl (C=O) groups excluding carboxylic acids is 1. The lowest BCUT2D eigenvalue weighted by molar-refractivity contribution is -0.130. The number of piperidine rings is 1. The molecule has 7 nitrogen and oxygen atoms in total. The van der Waals surface area contributed by atoms with Crippen molar-refractivity contribution >= 4 is 16.1 Å². The monoisotopic (exact) mass is 300 g/mol. The van der Waals surface area contributed by atoms with Crippen LogP contribution in [0.25, 0.3) is 0 Å². The van der Waals surface area contributed by atoms with Crippen molar-refractivity contribution in [1.82, 2.24) is 8.87 Å². The second kappa shape index (κ2) is 5.55. The van der Waals surface area contributed by atoms with Gasteiger partial charge in [0.2, 0.25) is 5.91 Å². The van der Waals surface area contributed by atoms with Crippen molar-refractivity contribution in [2.75, 3.05) is 19.6 Å². The molecule has 0 bridgehead atoms. The van der Waals surface area contributed by atoms with E-state index in [0.29, 0.717) is 18.8 Å². The van der Waals surface area contributed by atoms with E-state index in [1.807, 2.05) is 0 Å². The quantitative estimate of drug-likeness (QED) is 0.784. The Morgan fingerprint density at radius 2 is 2.00 bits per heavy atom. The van der Waals surface area contributed by atoms with E-state index in [0.717, 1.165) is 22.4 Å². The van der Waals surface area contributed by atoms with E-state index in [2.05, 4.69) is 0 Å². The summed E-state index contributed by atoms with van der Waals surface area (Å²) in [4.78, 5) is 13.3. The molecule has 0 atom stereocenters. The summed E-state index contributed by atoms with van der Waals surface area (Å²) in [5, 5.41) is 5.15. The number of rotatable bonds is 3. The molecule has 0 aliphatic carbocycles. The molecule has 1 amide bonds. The lowest BCUT2D eigenvalue weighted by Gasteiger charge is -2.32. The Morgan fingerprint density at radius 1 is 1.40 bits per heavy atom. The van der Waals surface area contributed by atoms with Crippen LogP contribution in [0.15, 0.2) is 12.3 Å². The van der Waals surface area contributed by atoms with E-state index >= 15 is 0 Å². The van der Waals surface area contributed by atoms with E-state index in [4.69, 9.17) is 10.9 Å². The molecule has 0 radical (unpaired) electrons. The number of carbonyl (C=O) groups is 1. The lowest BCUT2D eigenvalue weighted by Crippen LogP contribution is -2.41. The molecule has 0 unspecified atom stereocenters. The Hall–Kier alpha value is -1.38. The van der Waals surface area contributed by atoms with Gasteiger partial charge in [-0.15, -0.1) is 0 Å². The van der Waals surface area contributed by atoms with Gasteiger partial charge < -0.3 is 10.6 Å². The van der Waals surface area contributed by atoms with E-state index in [9.17, 15) is 13.2 Å². The summed E-state index contributed by atoms with van der Waals surface area (Å²) in [5.41, 5.74) is 6.98. The Morgan fingerprint density at radius 3 is 2.45 bits per heavy atom. The Bertz CT molecular complexity index is 600. The van der Waals surface area contributed by atoms with Crippen LogP contribution in [-0.2, 0) is 15.0 Å². The predicted molar refractivity (Wildman–Crippen MR) is 75.3 cm³/mol. The second-order valence-corrected chi connectivity index (χ2v) is 6.48. The molecular formula is C12H20N4O3S. The van der Waals surface area contributed by atoms with Gasteiger partial charge in [-0.1, -0.05) is 0 Å². The van der Waals surface area contributed by atoms with Gasteiger partial charge in [0.15, 0.2) is 0 Å². The summed E-state index contributed by atoms with van der Waals surface area (Å²) < 4.78 is 23.9. The molecule has 8 heteroatoms. The van der Waals surface area contributed by atoms with Gasteiger partial charge in [0, 0.05) is 25.0 Å². The molecule has 2 heterocycles. The molecule has 1 aromatic heterocycles. The number of aromatic nitrogens is 1. The third-order valence-electron chi connectivity index (χ3n) is 3.87. The molecule has 2 rings (SSSR count). The van der Waals surface area contributed by atoms with Gasteiger partial charge in [-0.2, -0.15) is 8.42 Å². The van der Waals surface area contributed by atoms with Crippen molar-refractivity contribution in [2.24, 2.45) is 10.9 Å². The van der Waals surface area contributed by atoms with Gasteiger partial charge >= 0.3 is 10.2 Å². The number of hydrogen-bond donors (Lipinski definition) is 2. The van der Waals surface area contributed by atoms with Crippen LogP contribution in [-0.4, -0.2) is 42.8 Å². The van der Waals surface area contributed by atoms with E-state index < -0.39 is 10.2 Å². The van der Waals surface area contributed by atoms with E-state index in [1.54, 1.807) is 17.9 Å². The molecule has 1 fully saturated rings. The van der Waals surface area contributed by atoms with Crippen molar-refractivity contribution < 1.29 is 13.2 Å². The highest BCUT2D eigenvalue weighted by Crippen LogP contribution is 2.31. The molecule has 0 saturated carbocycles. The fourth-order valence-corrected chi connectivity index (χ4v) is 3.50. The van der Waals surface area contributed by atoms with Crippen molar-refractivity contribution in [3.05, 3.63) is 23.5 Å². The number of amides is 1. The average Bonchev–Trinajstić information content (AvgIpc) is 2.80. The number of hydrogen-bond acceptors (Lipinski definition) is 4. The molecule has 1 aromatic rings. The molecule has 20 heavy (non-hydrogen) atoms. The number of nitrogens with two attached hydrogens (primary N) is 2. The van der Waals surface area contributed by atoms with Crippen molar-refractivity contribution in [2.45, 2.75) is 25.7 Å². The molecule has 0 aromatic carbocycles. The third-order valence-corrected chi connectivity index (χ3v) is 4.82. The summed E-state index contributed by atoms with van der Waals surface area (Å²) >= 11 is 0. The zero-order valence-corrected chi connectivity index (χ0v) is 12.3. The van der Waals surface area contributed by atoms with Crippen LogP contribution in [0.4, 0.5) is 0 Å². The van der Waals surface area contributed by atoms with Gasteiger partial charge in [-0.3, -0.25) is 4.79 Å². The highest BCUT2D eigenvalue weighted by atomic mass is 32.2. The summed E-state index contributed by atoms with van der Waals surface area (Å²) in [6.45, 7) is 3.09. The highest BCUT2D eigenvalue weighted by molar-refractivity contribution is 7.87. The molecule has 1 aliphatic heterocycles. The van der Waals surface area contributed by atoms with Crippen LogP contribution in [0.5, 0.6) is 0 Å². The van der Waals surface area contributed by atoms with Gasteiger partial charge in [-0.05, 0) is 37.3 Å². The van der Waals surface area contributed by atoms with Crippen LogP contribution in [0, 0.1) is 6.92 Å². The van der Waals surface area contributed by atoms with E-state index in [-0.39, 0.29) is 18.4 Å². The van der Waals surface area contributed by atoms with Gasteiger partial charge in [0.25, 0.3) is 0 Å². The number of nitrogens with zero attached hydrogens (tertiary/aromatic N) is 2. The Balaban J connectivity index is 2.12. The third kappa shape index (κ3) is 2.87. The summed E-state index contributed by atoms with van der Waals surface area (Å²) in [6, 6.07) is 1.80. The van der Waals surface area contributed by atoms with Crippen molar-refractivity contribution in [3.8, 4) is 0 Å². The van der Waals surface area contributed by atoms with E-state index in [1.165, 1.54) is 6.20 Å². The van der Waals surface area contributed by atoms with Gasteiger partial charge in [0.1, 0.15) is 0 Å². The first-order valence-electron chi connectivity index (χ1n) is 6.53. The largest absolute Gasteiger partial charge is 0.342 e. The summed E-state index contributed by atoms with van der Waals surface area (Å²) in [6.07, 6.45) is 3.10. The average molecular weight is 300 g/mol. The van der Waals surface area contributed by atoms with Crippen molar-refractivity contribution in [3.63, 3.8) is 0 Å². The second-order valence-electron chi connectivity index (χ2n) is 5.06. The first-order chi connectivity index (χ1) is 9.34. The van der Waals surface area contributed by atoms with Crippen LogP contribution < -0.4 is 10.9 Å². The molecule has 112 valence electrons. The topological polar surface area (TPSA) is 111 Å². The Labute approximate surface area is 118 Å². The van der Waals surface area contributed by atoms with Crippen LogP contribution in [0.1, 0.15) is 30.0 Å². The smallest absolute Gasteiger partial charge is 0.302 e. The molecule has 1 aliphatic rings. The number of likely N-dealkylation sites (tertiary alicyclic amines) is 1. The Kier molecular flexibility index (Phi) is 4.17. The maximum absolute atomic E-state index is 11.5. The maximum Gasteiger partial charge on any atom is 0.302 e. The van der Waals surface area contributed by atoms with Crippen LogP contribution in [0.2, 0.25) is 0 Å². The molecule has 0 spiro atoms. The molecule has 4 N–H and O–H groups in total. The zero-order valence-electron chi connectivity index (χ0n) is 11.4. The van der Waals surface area contributed by atoms with Gasteiger partial charge in [0.05, 0.1) is 6.54 Å². The summed E-state index contributed by atoms with van der Waals surface area (Å²) in [7, 11) is -3.74. The zero-order chi connectivity index (χ0) is 14.9. The standard InChI is InChI=1S/C12H20N4O3S/c1-9-11(4-7-16(9)20(14,18)19)10-2-5-15(6-3-10)12(17)8-13/h4,7,10H,2-3,5-6,8,13H2,1H3,(H2,14,18,19). The van der Waals surface area contributed by atoms with Crippen LogP contribution >= 0.6 is 0 Å². The van der Waals surface area contributed by atoms with Crippen molar-refractivity contribution in [1.29, 1.82) is 0 Å². The predicted octanol–water partition coefficient (Wildman–Crippen LogP) is -0.487. The first-order valence-corrected chi connectivity index (χ1v) is 8.04. The minimum absolute atomic E-state index is 0.0332. The fraction of sp³-hybridized carbons (Fsp3) is 0.583. The summed E-state index contributed by atoms with van der Waals surface area (Å²) in [5.74, 6) is 0.210. The fourth-order valence-electron chi connectivity index (χ4n) is 2.78. The first kappa shape index (κ1) is 15.0. The molecule has 1 saturated heterocycles. The maximum atomic E-state index is 11.5. The van der Waals surface area contributed by atoms with Crippen LogP contribution in [0.3, 0.4) is 0 Å². The molecular weight excluding hydrogens is 280 g/mol. The SMILES string of the molecule is Cc1c(C2CCN(C(=O)CN)CC2)ccn1S(N)(=O)=O. The minimum atomic E-state index is -3.74. The normalized spacial score (nSPS) is 17.4. The van der Waals surface area contributed by atoms with Gasteiger partial charge in [-0.25, -0.2) is 9.11 Å². The lowest BCUT2D eigenvalue weighted by atomic mass is 9.89. The minimum Gasteiger partial charge on any atom is -0.342 e.